The van der Waals surface area contributed by atoms with E-state index in [2.05, 4.69) is 9.97 Å². The van der Waals surface area contributed by atoms with Gasteiger partial charge in [-0.15, -0.1) is 0 Å². The van der Waals surface area contributed by atoms with Crippen molar-refractivity contribution in [2.75, 3.05) is 13.1 Å². The molecule has 0 bridgehead atoms. The van der Waals surface area contributed by atoms with Gasteiger partial charge in [-0.3, -0.25) is 4.79 Å². The van der Waals surface area contributed by atoms with Crippen LogP contribution in [0.1, 0.15) is 11.3 Å². The van der Waals surface area contributed by atoms with Crippen LogP contribution in [0.4, 0.5) is 13.2 Å². The number of rotatable bonds is 0. The predicted molar refractivity (Wildman–Crippen MR) is 73.6 cm³/mol. The van der Waals surface area contributed by atoms with E-state index in [4.69, 9.17) is 11.6 Å². The van der Waals surface area contributed by atoms with Crippen molar-refractivity contribution in [1.82, 2.24) is 19.4 Å². The molecule has 0 spiro atoms. The Morgan fingerprint density at radius 3 is 2.70 bits per heavy atom. The number of hydrogen-bond donors (Lipinski definition) is 0. The number of aromatic nitrogens is 3. The first kappa shape index (κ1) is 15.6. The molecule has 6 nitrogen and oxygen atoms in total. The quantitative estimate of drug-likeness (QED) is 0.685. The number of nitrogens with zero attached hydrogens (tertiary/aromatic N) is 5. The molecule has 0 unspecified atom stereocenters. The Kier molecular flexibility index (Phi) is 3.64. The van der Waals surface area contributed by atoms with Crippen LogP contribution in [0, 0.1) is 11.3 Å². The lowest BCUT2D eigenvalue weighted by Crippen LogP contribution is -2.42. The van der Waals surface area contributed by atoms with Crippen LogP contribution in [0.2, 0.25) is 5.15 Å². The van der Waals surface area contributed by atoms with Crippen LogP contribution in [0.25, 0.3) is 11.0 Å². The largest absolute Gasteiger partial charge is 0.471 e. The Balaban J connectivity index is 2.05. The Hall–Kier alpha value is -2.34. The van der Waals surface area contributed by atoms with Crippen molar-refractivity contribution in [2.45, 2.75) is 19.1 Å². The summed E-state index contributed by atoms with van der Waals surface area (Å²) in [5, 5.41) is 9.46. The first-order valence-electron chi connectivity index (χ1n) is 6.62. The first-order valence-corrected chi connectivity index (χ1v) is 7.00. The molecule has 0 aromatic carbocycles. The van der Waals surface area contributed by atoms with E-state index in [0.717, 1.165) is 4.90 Å². The van der Waals surface area contributed by atoms with Crippen molar-refractivity contribution in [3.8, 4) is 6.07 Å². The summed E-state index contributed by atoms with van der Waals surface area (Å²) in [6, 6.07) is 2.01. The number of nitriles is 1. The zero-order valence-corrected chi connectivity index (χ0v) is 12.3. The minimum atomic E-state index is -4.92. The number of hydrogen-bond acceptors (Lipinski definition) is 4. The third kappa shape index (κ3) is 2.49. The lowest BCUT2D eigenvalue weighted by molar-refractivity contribution is -0.185. The van der Waals surface area contributed by atoms with Gasteiger partial charge in [0.25, 0.3) is 0 Å². The summed E-state index contributed by atoms with van der Waals surface area (Å²) in [4.78, 5) is 20.0. The molecule has 23 heavy (non-hydrogen) atoms. The van der Waals surface area contributed by atoms with Crippen LogP contribution < -0.4 is 0 Å². The topological polar surface area (TPSA) is 74.8 Å². The summed E-state index contributed by atoms with van der Waals surface area (Å²) in [7, 11) is 0. The molecular formula is C13H9ClF3N5O. The van der Waals surface area contributed by atoms with E-state index in [1.807, 2.05) is 6.07 Å². The molecule has 2 aromatic rings. The number of halogens is 4. The molecule has 2 aromatic heterocycles. The third-order valence-electron chi connectivity index (χ3n) is 3.75. The standard InChI is InChI=1S/C13H9ClF3N5O/c14-11-10-9(19-6-20-11)7(5-18)8-1-2-21(3-4-22(8)10)12(23)13(15,16)17/h6H,1-4H2. The van der Waals surface area contributed by atoms with Crippen molar-refractivity contribution < 1.29 is 18.0 Å². The summed E-state index contributed by atoms with van der Waals surface area (Å²) < 4.78 is 39.4. The second kappa shape index (κ2) is 5.38. The highest BCUT2D eigenvalue weighted by Crippen LogP contribution is 2.30. The van der Waals surface area contributed by atoms with E-state index >= 15 is 0 Å². The molecule has 0 atom stereocenters. The van der Waals surface area contributed by atoms with Crippen molar-refractivity contribution in [1.29, 1.82) is 5.26 Å². The van der Waals surface area contributed by atoms with Gasteiger partial charge in [-0.2, -0.15) is 18.4 Å². The maximum Gasteiger partial charge on any atom is 0.471 e. The minimum Gasteiger partial charge on any atom is -0.338 e. The third-order valence-corrected chi connectivity index (χ3v) is 4.03. The molecule has 0 radical (unpaired) electrons. The molecule has 120 valence electrons. The van der Waals surface area contributed by atoms with Crippen LogP contribution in [-0.4, -0.2) is 44.6 Å². The van der Waals surface area contributed by atoms with Gasteiger partial charge in [0.1, 0.15) is 23.4 Å². The lowest BCUT2D eigenvalue weighted by atomic mass is 10.2. The van der Waals surface area contributed by atoms with Gasteiger partial charge >= 0.3 is 12.1 Å². The normalized spacial score (nSPS) is 15.2. The maximum atomic E-state index is 12.6. The summed E-state index contributed by atoms with van der Waals surface area (Å²) >= 11 is 6.05. The number of carbonyl (C=O) groups excluding carboxylic acids is 1. The number of fused-ring (bicyclic) bond motifs is 3. The summed E-state index contributed by atoms with van der Waals surface area (Å²) in [5.74, 6) is -1.88. The van der Waals surface area contributed by atoms with Gasteiger partial charge in [-0.05, 0) is 0 Å². The molecule has 0 saturated carbocycles. The fourth-order valence-electron chi connectivity index (χ4n) is 2.77. The van der Waals surface area contributed by atoms with Gasteiger partial charge in [0.15, 0.2) is 5.15 Å². The molecule has 0 aliphatic carbocycles. The number of amides is 1. The predicted octanol–water partition coefficient (Wildman–Crippen LogP) is 1.90. The molecule has 1 aliphatic rings. The smallest absolute Gasteiger partial charge is 0.338 e. The van der Waals surface area contributed by atoms with E-state index in [9.17, 15) is 23.2 Å². The van der Waals surface area contributed by atoms with Gasteiger partial charge in [0, 0.05) is 31.7 Å². The fourth-order valence-corrected chi connectivity index (χ4v) is 3.00. The first-order chi connectivity index (χ1) is 10.8. The SMILES string of the molecule is N#Cc1c2n(c3c(Cl)ncnc13)CCN(C(=O)C(F)(F)F)CC2. The molecule has 0 saturated heterocycles. The Morgan fingerprint density at radius 2 is 2.04 bits per heavy atom. The van der Waals surface area contributed by atoms with Gasteiger partial charge in [0.2, 0.25) is 0 Å². The Labute approximate surface area is 133 Å². The van der Waals surface area contributed by atoms with Crippen molar-refractivity contribution in [3.63, 3.8) is 0 Å². The fraction of sp³-hybridized carbons (Fsp3) is 0.385. The van der Waals surface area contributed by atoms with E-state index < -0.39 is 12.1 Å². The number of alkyl halides is 3. The molecule has 3 heterocycles. The second-order valence-electron chi connectivity index (χ2n) is 4.99. The van der Waals surface area contributed by atoms with Crippen molar-refractivity contribution >= 4 is 28.5 Å². The molecule has 1 amide bonds. The zero-order chi connectivity index (χ0) is 16.8. The van der Waals surface area contributed by atoms with Gasteiger partial charge in [-0.1, -0.05) is 11.6 Å². The maximum absolute atomic E-state index is 12.6. The molecule has 10 heteroatoms. The van der Waals surface area contributed by atoms with Crippen molar-refractivity contribution in [3.05, 3.63) is 22.7 Å². The molecule has 0 N–H and O–H groups in total. The Morgan fingerprint density at radius 1 is 1.30 bits per heavy atom. The van der Waals surface area contributed by atoms with Gasteiger partial charge in [0.05, 0.1) is 5.56 Å². The lowest BCUT2D eigenvalue weighted by Gasteiger charge is -2.21. The molecule has 3 rings (SSSR count). The van der Waals surface area contributed by atoms with E-state index in [-0.39, 0.29) is 36.8 Å². The average molecular weight is 344 g/mol. The summed E-state index contributed by atoms with van der Waals surface area (Å²) in [5.41, 5.74) is 1.55. The molecular weight excluding hydrogens is 335 g/mol. The van der Waals surface area contributed by atoms with E-state index in [1.54, 1.807) is 4.57 Å². The van der Waals surface area contributed by atoms with Gasteiger partial charge < -0.3 is 9.47 Å². The van der Waals surface area contributed by atoms with Crippen LogP contribution >= 0.6 is 11.6 Å². The van der Waals surface area contributed by atoms with Crippen molar-refractivity contribution in [2.24, 2.45) is 0 Å². The number of carbonyl (C=O) groups is 1. The van der Waals surface area contributed by atoms with E-state index in [0.29, 0.717) is 16.7 Å². The Bertz CT molecular complexity index is 839. The summed E-state index contributed by atoms with van der Waals surface area (Å²) in [6.07, 6.45) is -3.58. The zero-order valence-electron chi connectivity index (χ0n) is 11.6. The van der Waals surface area contributed by atoms with Crippen LogP contribution in [0.15, 0.2) is 6.33 Å². The van der Waals surface area contributed by atoms with Gasteiger partial charge in [-0.25, -0.2) is 9.97 Å². The highest BCUT2D eigenvalue weighted by molar-refractivity contribution is 6.33. The average Bonchev–Trinajstić information content (AvgIpc) is 2.64. The van der Waals surface area contributed by atoms with E-state index in [1.165, 1.54) is 6.33 Å². The molecule has 0 fully saturated rings. The molecule has 1 aliphatic heterocycles. The van der Waals surface area contributed by atoms with Crippen LogP contribution in [0.5, 0.6) is 0 Å². The minimum absolute atomic E-state index is 0.0857. The summed E-state index contributed by atoms with van der Waals surface area (Å²) in [6.45, 7) is -0.179. The monoisotopic (exact) mass is 343 g/mol. The van der Waals surface area contributed by atoms with Crippen LogP contribution in [-0.2, 0) is 17.8 Å². The highest BCUT2D eigenvalue weighted by Gasteiger charge is 2.43. The van der Waals surface area contributed by atoms with Crippen LogP contribution in [0.3, 0.4) is 0 Å². The highest BCUT2D eigenvalue weighted by atomic mass is 35.5. The second-order valence-corrected chi connectivity index (χ2v) is 5.34.